The summed E-state index contributed by atoms with van der Waals surface area (Å²) in [6, 6.07) is 24.1. The van der Waals surface area contributed by atoms with E-state index in [0.717, 1.165) is 16.7 Å². The second-order valence-electron chi connectivity index (χ2n) is 7.09. The van der Waals surface area contributed by atoms with E-state index in [9.17, 15) is 13.2 Å². The number of rotatable bonds is 7. The largest absolute Gasteiger partial charge is 0.341 e. The molecule has 0 aliphatic heterocycles. The van der Waals surface area contributed by atoms with Crippen LogP contribution in [-0.4, -0.2) is 27.1 Å². The topological polar surface area (TPSA) is 66.5 Å². The normalized spacial score (nSPS) is 12.2. The Bertz CT molecular complexity index is 1110. The van der Waals surface area contributed by atoms with Crippen LogP contribution in [0.1, 0.15) is 40.0 Å². The number of sulfonamides is 1. The zero-order valence-corrected chi connectivity index (χ0v) is 18.2. The molecule has 0 unspecified atom stereocenters. The molecule has 0 aliphatic carbocycles. The summed E-state index contributed by atoms with van der Waals surface area (Å²) in [7, 11) is -1.84. The fourth-order valence-electron chi connectivity index (χ4n) is 3.29. The SMILES string of the molecule is CCS(=O)(=O)N(C)c1ccc(C(=O)N[C@@H](c2ccccc2)c2ccccc2C)cc1. The van der Waals surface area contributed by atoms with Crippen molar-refractivity contribution in [2.75, 3.05) is 17.1 Å². The van der Waals surface area contributed by atoms with Gasteiger partial charge in [0.05, 0.1) is 17.5 Å². The van der Waals surface area contributed by atoms with Crippen molar-refractivity contribution in [3.63, 3.8) is 0 Å². The molecule has 0 aliphatic rings. The van der Waals surface area contributed by atoms with Gasteiger partial charge in [0.25, 0.3) is 5.91 Å². The van der Waals surface area contributed by atoms with E-state index in [-0.39, 0.29) is 17.7 Å². The van der Waals surface area contributed by atoms with Gasteiger partial charge in [-0.15, -0.1) is 0 Å². The van der Waals surface area contributed by atoms with E-state index in [1.165, 1.54) is 11.4 Å². The highest BCUT2D eigenvalue weighted by Crippen LogP contribution is 2.25. The van der Waals surface area contributed by atoms with E-state index >= 15 is 0 Å². The van der Waals surface area contributed by atoms with Crippen molar-refractivity contribution in [2.45, 2.75) is 19.9 Å². The fourth-order valence-corrected chi connectivity index (χ4v) is 4.12. The first kappa shape index (κ1) is 21.6. The molecular formula is C24H26N2O3S. The van der Waals surface area contributed by atoms with E-state index in [2.05, 4.69) is 5.32 Å². The van der Waals surface area contributed by atoms with Gasteiger partial charge >= 0.3 is 0 Å². The highest BCUT2D eigenvalue weighted by atomic mass is 32.2. The lowest BCUT2D eigenvalue weighted by atomic mass is 9.94. The van der Waals surface area contributed by atoms with Gasteiger partial charge in [-0.2, -0.15) is 0 Å². The molecule has 30 heavy (non-hydrogen) atoms. The molecule has 3 aromatic rings. The van der Waals surface area contributed by atoms with Gasteiger partial charge in [-0.05, 0) is 54.8 Å². The second-order valence-corrected chi connectivity index (χ2v) is 9.38. The molecule has 1 N–H and O–H groups in total. The van der Waals surface area contributed by atoms with Crippen LogP contribution in [0.5, 0.6) is 0 Å². The van der Waals surface area contributed by atoms with E-state index in [4.69, 9.17) is 0 Å². The van der Waals surface area contributed by atoms with E-state index < -0.39 is 10.0 Å². The van der Waals surface area contributed by atoms with Crippen molar-refractivity contribution < 1.29 is 13.2 Å². The smallest absolute Gasteiger partial charge is 0.252 e. The van der Waals surface area contributed by atoms with Gasteiger partial charge in [0.15, 0.2) is 0 Å². The Kier molecular flexibility index (Phi) is 6.57. The summed E-state index contributed by atoms with van der Waals surface area (Å²) in [5, 5.41) is 3.13. The van der Waals surface area contributed by atoms with Crippen LogP contribution in [0.15, 0.2) is 78.9 Å². The molecule has 1 amide bonds. The van der Waals surface area contributed by atoms with E-state index in [0.29, 0.717) is 11.3 Å². The van der Waals surface area contributed by atoms with Crippen molar-refractivity contribution in [3.8, 4) is 0 Å². The molecule has 6 heteroatoms. The number of benzene rings is 3. The Morgan fingerprint density at radius 1 is 0.933 bits per heavy atom. The third-order valence-electron chi connectivity index (χ3n) is 5.18. The molecule has 0 saturated heterocycles. The predicted molar refractivity (Wildman–Crippen MR) is 121 cm³/mol. The summed E-state index contributed by atoms with van der Waals surface area (Å²) in [6.45, 7) is 3.62. The second kappa shape index (κ2) is 9.13. The number of carbonyl (C=O) groups excluding carboxylic acids is 1. The number of amides is 1. The number of hydrogen-bond donors (Lipinski definition) is 1. The molecule has 0 heterocycles. The van der Waals surface area contributed by atoms with Gasteiger partial charge in [0.1, 0.15) is 0 Å². The zero-order chi connectivity index (χ0) is 21.7. The number of aryl methyl sites for hydroxylation is 1. The van der Waals surface area contributed by atoms with E-state index in [1.54, 1.807) is 31.2 Å². The van der Waals surface area contributed by atoms with Gasteiger partial charge < -0.3 is 5.32 Å². The third kappa shape index (κ3) is 4.71. The van der Waals surface area contributed by atoms with Gasteiger partial charge in [0.2, 0.25) is 10.0 Å². The molecule has 0 spiro atoms. The first-order valence-corrected chi connectivity index (χ1v) is 11.4. The van der Waals surface area contributed by atoms with Crippen LogP contribution in [0, 0.1) is 6.92 Å². The maximum atomic E-state index is 13.0. The Morgan fingerprint density at radius 2 is 1.53 bits per heavy atom. The number of nitrogens with zero attached hydrogens (tertiary/aromatic N) is 1. The van der Waals surface area contributed by atoms with Crippen LogP contribution in [0.3, 0.4) is 0 Å². The van der Waals surface area contributed by atoms with Crippen molar-refractivity contribution in [1.82, 2.24) is 5.32 Å². The minimum Gasteiger partial charge on any atom is -0.341 e. The molecule has 0 saturated carbocycles. The summed E-state index contributed by atoms with van der Waals surface area (Å²) < 4.78 is 25.3. The van der Waals surface area contributed by atoms with Crippen molar-refractivity contribution >= 4 is 21.6 Å². The molecule has 0 fully saturated rings. The Balaban J connectivity index is 1.87. The predicted octanol–water partition coefficient (Wildman–Crippen LogP) is 4.30. The number of carbonyl (C=O) groups is 1. The Hall–Kier alpha value is -3.12. The summed E-state index contributed by atoms with van der Waals surface area (Å²) in [6.07, 6.45) is 0. The minimum absolute atomic E-state index is 0.0148. The standard InChI is InChI=1S/C24H26N2O3S/c1-4-30(28,29)26(3)21-16-14-20(15-17-21)24(27)25-23(19-11-6-5-7-12-19)22-13-9-8-10-18(22)2/h5-17,23H,4H2,1-3H3,(H,25,27)/t23-/m0/s1. The lowest BCUT2D eigenvalue weighted by Gasteiger charge is -2.22. The Labute approximate surface area is 178 Å². The van der Waals surface area contributed by atoms with Crippen LogP contribution in [0.25, 0.3) is 0 Å². The molecule has 5 nitrogen and oxygen atoms in total. The maximum absolute atomic E-state index is 13.0. The van der Waals surface area contributed by atoms with Gasteiger partial charge in [-0.1, -0.05) is 54.6 Å². The van der Waals surface area contributed by atoms with Crippen molar-refractivity contribution in [1.29, 1.82) is 0 Å². The summed E-state index contributed by atoms with van der Waals surface area (Å²) in [5.41, 5.74) is 4.10. The number of anilines is 1. The van der Waals surface area contributed by atoms with Crippen LogP contribution >= 0.6 is 0 Å². The van der Waals surface area contributed by atoms with Crippen LogP contribution < -0.4 is 9.62 Å². The summed E-state index contributed by atoms with van der Waals surface area (Å²) in [5.74, 6) is -0.208. The van der Waals surface area contributed by atoms with Crippen LogP contribution in [0.2, 0.25) is 0 Å². The molecule has 3 aromatic carbocycles. The number of nitrogens with one attached hydrogen (secondary N) is 1. The molecule has 0 aromatic heterocycles. The lowest BCUT2D eigenvalue weighted by molar-refractivity contribution is 0.0943. The highest BCUT2D eigenvalue weighted by molar-refractivity contribution is 7.92. The molecule has 0 radical (unpaired) electrons. The van der Waals surface area contributed by atoms with Crippen molar-refractivity contribution in [2.24, 2.45) is 0 Å². The Morgan fingerprint density at radius 3 is 2.13 bits per heavy atom. The average Bonchev–Trinajstić information content (AvgIpc) is 2.78. The van der Waals surface area contributed by atoms with Gasteiger partial charge in [-0.25, -0.2) is 8.42 Å². The molecular weight excluding hydrogens is 396 g/mol. The quantitative estimate of drug-likeness (QED) is 0.617. The average molecular weight is 423 g/mol. The van der Waals surface area contributed by atoms with Crippen LogP contribution in [-0.2, 0) is 10.0 Å². The first-order chi connectivity index (χ1) is 14.3. The molecule has 0 bridgehead atoms. The highest BCUT2D eigenvalue weighted by Gasteiger charge is 2.20. The summed E-state index contributed by atoms with van der Waals surface area (Å²) >= 11 is 0. The molecule has 1 atom stereocenters. The zero-order valence-electron chi connectivity index (χ0n) is 17.4. The van der Waals surface area contributed by atoms with Crippen LogP contribution in [0.4, 0.5) is 5.69 Å². The molecule has 156 valence electrons. The van der Waals surface area contributed by atoms with Gasteiger partial charge in [0, 0.05) is 12.6 Å². The number of hydrogen-bond acceptors (Lipinski definition) is 3. The third-order valence-corrected chi connectivity index (χ3v) is 6.96. The van der Waals surface area contributed by atoms with Gasteiger partial charge in [-0.3, -0.25) is 9.10 Å². The maximum Gasteiger partial charge on any atom is 0.252 e. The first-order valence-electron chi connectivity index (χ1n) is 9.81. The monoisotopic (exact) mass is 422 g/mol. The van der Waals surface area contributed by atoms with E-state index in [1.807, 2.05) is 61.5 Å². The summed E-state index contributed by atoms with van der Waals surface area (Å²) in [4.78, 5) is 13.0. The lowest BCUT2D eigenvalue weighted by Crippen LogP contribution is -2.30. The minimum atomic E-state index is -3.35. The molecule has 3 rings (SSSR count). The van der Waals surface area contributed by atoms with Crippen molar-refractivity contribution in [3.05, 3.63) is 101 Å². The fraction of sp³-hybridized carbons (Fsp3) is 0.208.